The van der Waals surface area contributed by atoms with Crippen molar-refractivity contribution in [1.82, 2.24) is 0 Å². The number of unbranched alkanes of at least 4 members (excludes halogenated alkanes) is 3. The topological polar surface area (TPSA) is 63.6 Å². The van der Waals surface area contributed by atoms with Crippen molar-refractivity contribution >= 4 is 11.9 Å². The predicted molar refractivity (Wildman–Crippen MR) is 58.7 cm³/mol. The maximum Gasteiger partial charge on any atom is 0.317 e. The number of esters is 1. The van der Waals surface area contributed by atoms with E-state index in [4.69, 9.17) is 5.11 Å². The van der Waals surface area contributed by atoms with Gasteiger partial charge in [-0.1, -0.05) is 39.5 Å². The van der Waals surface area contributed by atoms with Crippen LogP contribution in [0.15, 0.2) is 0 Å². The molecule has 15 heavy (non-hydrogen) atoms. The highest BCUT2D eigenvalue weighted by atomic mass is 16.5. The average Bonchev–Trinajstić information content (AvgIpc) is 2.15. The largest absolute Gasteiger partial charge is 0.481 e. The van der Waals surface area contributed by atoms with Gasteiger partial charge in [0.05, 0.1) is 6.61 Å². The van der Waals surface area contributed by atoms with Crippen molar-refractivity contribution < 1.29 is 19.4 Å². The van der Waals surface area contributed by atoms with E-state index < -0.39 is 18.4 Å². The Labute approximate surface area is 91.6 Å². The molecule has 4 heteroatoms. The molecule has 0 rings (SSSR count). The molecule has 0 aromatic rings. The van der Waals surface area contributed by atoms with Gasteiger partial charge in [0.2, 0.25) is 0 Å². The number of hydrogen-bond donors (Lipinski definition) is 1. The summed E-state index contributed by atoms with van der Waals surface area (Å²) in [5, 5.41) is 8.01. The van der Waals surface area contributed by atoms with Crippen molar-refractivity contribution in [3.05, 3.63) is 0 Å². The van der Waals surface area contributed by atoms with Crippen LogP contribution >= 0.6 is 0 Å². The fourth-order valence-corrected chi connectivity index (χ4v) is 0.835. The van der Waals surface area contributed by atoms with Crippen LogP contribution in [0.4, 0.5) is 0 Å². The summed E-state index contributed by atoms with van der Waals surface area (Å²) < 4.78 is 4.33. The number of rotatable bonds is 6. The molecule has 0 unspecified atom stereocenters. The van der Waals surface area contributed by atoms with Gasteiger partial charge in [-0.15, -0.1) is 0 Å². The third-order valence-corrected chi connectivity index (χ3v) is 1.56. The minimum absolute atomic E-state index is 0.228. The summed E-state index contributed by atoms with van der Waals surface area (Å²) in [6.07, 6.45) is 4.99. The molecule has 0 fully saturated rings. The van der Waals surface area contributed by atoms with Crippen molar-refractivity contribution in [3.8, 4) is 0 Å². The van der Waals surface area contributed by atoms with E-state index in [2.05, 4.69) is 18.6 Å². The number of carbonyl (C=O) groups is 2. The van der Waals surface area contributed by atoms with Crippen molar-refractivity contribution in [3.63, 3.8) is 0 Å². The van der Waals surface area contributed by atoms with Crippen molar-refractivity contribution in [2.45, 2.75) is 52.9 Å². The highest BCUT2D eigenvalue weighted by molar-refractivity contribution is 5.90. The van der Waals surface area contributed by atoms with Gasteiger partial charge < -0.3 is 9.84 Å². The van der Waals surface area contributed by atoms with Crippen LogP contribution in [0.25, 0.3) is 0 Å². The summed E-state index contributed by atoms with van der Waals surface area (Å²) in [6, 6.07) is 0. The maximum absolute atomic E-state index is 10.3. The first-order chi connectivity index (χ1) is 7.08. The number of aliphatic carboxylic acids is 1. The monoisotopic (exact) mass is 218 g/mol. The van der Waals surface area contributed by atoms with Gasteiger partial charge in [-0.25, -0.2) is 0 Å². The molecular weight excluding hydrogens is 196 g/mol. The van der Waals surface area contributed by atoms with Crippen LogP contribution in [-0.2, 0) is 14.3 Å². The summed E-state index contributed by atoms with van der Waals surface area (Å²) in [6.45, 7) is 6.32. The predicted octanol–water partition coefficient (Wildman–Crippen LogP) is 2.61. The first kappa shape index (κ1) is 16.4. The Bertz CT molecular complexity index is 162. The molecular formula is C11H22O4. The molecule has 1 N–H and O–H groups in total. The fraction of sp³-hybridized carbons (Fsp3) is 0.818. The van der Waals surface area contributed by atoms with Crippen molar-refractivity contribution in [1.29, 1.82) is 0 Å². The van der Waals surface area contributed by atoms with Gasteiger partial charge >= 0.3 is 11.9 Å². The molecule has 0 bridgehead atoms. The van der Waals surface area contributed by atoms with Crippen LogP contribution in [0, 0.1) is 0 Å². The summed E-state index contributed by atoms with van der Waals surface area (Å²) in [5.74, 6) is -1.85. The van der Waals surface area contributed by atoms with Crippen LogP contribution in [0.3, 0.4) is 0 Å². The molecule has 0 radical (unpaired) electrons. The first-order valence-corrected chi connectivity index (χ1v) is 5.45. The van der Waals surface area contributed by atoms with Gasteiger partial charge in [-0.3, -0.25) is 9.59 Å². The van der Waals surface area contributed by atoms with E-state index in [1.807, 2.05) is 0 Å². The Morgan fingerprint density at radius 3 is 1.80 bits per heavy atom. The van der Waals surface area contributed by atoms with Crippen LogP contribution in [0.1, 0.15) is 52.9 Å². The molecule has 0 atom stereocenters. The number of carboxylic acid groups (broad SMARTS) is 1. The molecule has 0 aliphatic rings. The second-order valence-electron chi connectivity index (χ2n) is 3.08. The highest BCUT2D eigenvalue weighted by Crippen LogP contribution is 1.95. The van der Waals surface area contributed by atoms with E-state index in [0.717, 1.165) is 0 Å². The summed E-state index contributed by atoms with van der Waals surface area (Å²) >= 11 is 0. The Hall–Kier alpha value is -1.06. The Morgan fingerprint density at radius 1 is 1.07 bits per heavy atom. The van der Waals surface area contributed by atoms with Gasteiger partial charge in [0.25, 0.3) is 0 Å². The number of ether oxygens (including phenoxy) is 1. The lowest BCUT2D eigenvalue weighted by atomic mass is 10.2. The lowest BCUT2D eigenvalue weighted by molar-refractivity contribution is -0.150. The number of carbonyl (C=O) groups excluding carboxylic acids is 1. The molecule has 0 saturated carbocycles. The molecule has 0 aromatic heterocycles. The van der Waals surface area contributed by atoms with E-state index in [1.54, 1.807) is 6.92 Å². The molecule has 0 aromatic carbocycles. The SMILES string of the molecule is CCCCCC.CCOC(=O)CC(=O)O. The Morgan fingerprint density at radius 2 is 1.53 bits per heavy atom. The van der Waals surface area contributed by atoms with Gasteiger partial charge in [0.15, 0.2) is 0 Å². The molecule has 4 nitrogen and oxygen atoms in total. The van der Waals surface area contributed by atoms with Crippen LogP contribution in [0.2, 0.25) is 0 Å². The zero-order valence-corrected chi connectivity index (χ0v) is 9.91. The average molecular weight is 218 g/mol. The van der Waals surface area contributed by atoms with Gasteiger partial charge in [0.1, 0.15) is 6.42 Å². The maximum atomic E-state index is 10.3. The lowest BCUT2D eigenvalue weighted by Crippen LogP contribution is -2.09. The van der Waals surface area contributed by atoms with E-state index >= 15 is 0 Å². The molecule has 0 heterocycles. The molecule has 0 aliphatic heterocycles. The molecule has 0 saturated heterocycles. The van der Waals surface area contributed by atoms with E-state index in [-0.39, 0.29) is 6.61 Å². The number of carboxylic acids is 1. The second kappa shape index (κ2) is 12.9. The summed E-state index contributed by atoms with van der Waals surface area (Å²) in [7, 11) is 0. The molecule has 0 amide bonds. The highest BCUT2D eigenvalue weighted by Gasteiger charge is 2.06. The van der Waals surface area contributed by atoms with Crippen LogP contribution < -0.4 is 0 Å². The minimum atomic E-state index is -1.16. The van der Waals surface area contributed by atoms with Crippen LogP contribution in [-0.4, -0.2) is 23.7 Å². The Balaban J connectivity index is 0. The van der Waals surface area contributed by atoms with Gasteiger partial charge in [-0.05, 0) is 6.92 Å². The third-order valence-electron chi connectivity index (χ3n) is 1.56. The molecule has 0 aliphatic carbocycles. The second-order valence-corrected chi connectivity index (χ2v) is 3.08. The minimum Gasteiger partial charge on any atom is -0.481 e. The van der Waals surface area contributed by atoms with Crippen molar-refractivity contribution in [2.75, 3.05) is 6.61 Å². The normalized spacial score (nSPS) is 8.73. The van der Waals surface area contributed by atoms with E-state index in [0.29, 0.717) is 0 Å². The summed E-state index contributed by atoms with van der Waals surface area (Å²) in [5.41, 5.74) is 0. The first-order valence-electron chi connectivity index (χ1n) is 5.45. The Kier molecular flexibility index (Phi) is 14.1. The fourth-order valence-electron chi connectivity index (χ4n) is 0.835. The molecule has 90 valence electrons. The van der Waals surface area contributed by atoms with E-state index in [1.165, 1.54) is 25.7 Å². The standard InChI is InChI=1S/C6H14.C5H8O4/c1-3-5-6-4-2;1-2-9-5(8)3-4(6)7/h3-6H2,1-2H3;2-3H2,1H3,(H,6,7). The number of hydrogen-bond acceptors (Lipinski definition) is 3. The zero-order valence-electron chi connectivity index (χ0n) is 9.91. The quantitative estimate of drug-likeness (QED) is 0.423. The lowest BCUT2D eigenvalue weighted by Gasteiger charge is -1.95. The van der Waals surface area contributed by atoms with Gasteiger partial charge in [0, 0.05) is 0 Å². The molecule has 0 spiro atoms. The zero-order chi connectivity index (χ0) is 12.1. The van der Waals surface area contributed by atoms with Crippen LogP contribution in [0.5, 0.6) is 0 Å². The third kappa shape index (κ3) is 19.4. The van der Waals surface area contributed by atoms with Gasteiger partial charge in [-0.2, -0.15) is 0 Å². The van der Waals surface area contributed by atoms with Crippen molar-refractivity contribution in [2.24, 2.45) is 0 Å². The summed E-state index contributed by atoms with van der Waals surface area (Å²) in [4.78, 5) is 20.0. The smallest absolute Gasteiger partial charge is 0.317 e. The van der Waals surface area contributed by atoms with E-state index in [9.17, 15) is 9.59 Å².